The fourth-order valence-corrected chi connectivity index (χ4v) is 12.1. The molecule has 0 radical (unpaired) electrons. The highest BCUT2D eigenvalue weighted by Crippen LogP contribution is 2.19. The minimum atomic E-state index is -0.844. The zero-order valence-electron chi connectivity index (χ0n) is 56.9. The number of unbranched alkanes of at least 4 members (excludes halogenated alkanes) is 57. The van der Waals surface area contributed by atoms with Crippen LogP contribution in [0.1, 0.15) is 425 Å². The Morgan fingerprint density at radius 1 is 0.333 bits per heavy atom. The number of nitrogens with one attached hydrogen (secondary N) is 1. The molecule has 0 bridgehead atoms. The third-order valence-electron chi connectivity index (χ3n) is 17.9. The maximum atomic E-state index is 12.5. The number of amides is 1. The van der Waals surface area contributed by atoms with Gasteiger partial charge in [0.15, 0.2) is 0 Å². The summed E-state index contributed by atoms with van der Waals surface area (Å²) >= 11 is 0. The maximum Gasteiger partial charge on any atom is 0.305 e. The van der Waals surface area contributed by atoms with Crippen molar-refractivity contribution < 1.29 is 24.5 Å². The maximum absolute atomic E-state index is 12.5. The number of esters is 1. The smallest absolute Gasteiger partial charge is 0.305 e. The molecule has 0 saturated heterocycles. The van der Waals surface area contributed by atoms with Gasteiger partial charge in [0, 0.05) is 12.8 Å². The Kier molecular flexibility index (Phi) is 71.9. The van der Waals surface area contributed by atoms with Crippen molar-refractivity contribution in [3.8, 4) is 0 Å². The van der Waals surface area contributed by atoms with Gasteiger partial charge >= 0.3 is 5.97 Å². The molecular weight excluding hydrogens is 1030 g/mol. The summed E-state index contributed by atoms with van der Waals surface area (Å²) in [7, 11) is 0. The minimum absolute atomic E-state index is 0.0161. The number of carbonyl (C=O) groups excluding carboxylic acids is 2. The van der Waals surface area contributed by atoms with Crippen LogP contribution in [-0.4, -0.2) is 47.4 Å². The van der Waals surface area contributed by atoms with Crippen molar-refractivity contribution in [2.45, 2.75) is 437 Å². The number of carbonyl (C=O) groups is 2. The van der Waals surface area contributed by atoms with Crippen LogP contribution in [0, 0.1) is 0 Å². The van der Waals surface area contributed by atoms with Gasteiger partial charge in [-0.15, -0.1) is 0 Å². The first-order chi connectivity index (χ1) is 41.5. The largest absolute Gasteiger partial charge is 0.466 e. The van der Waals surface area contributed by atoms with E-state index in [1.165, 1.54) is 353 Å². The summed E-state index contributed by atoms with van der Waals surface area (Å²) in [6.45, 7) is 4.94. The van der Waals surface area contributed by atoms with Crippen LogP contribution in [0.2, 0.25) is 0 Å². The lowest BCUT2D eigenvalue weighted by Crippen LogP contribution is -2.45. The molecule has 2 unspecified atom stereocenters. The normalized spacial score (nSPS) is 12.7. The third kappa shape index (κ3) is 69.2. The van der Waals surface area contributed by atoms with Gasteiger partial charge in [0.25, 0.3) is 0 Å². The predicted octanol–water partition coefficient (Wildman–Crippen LogP) is 25.0. The highest BCUT2D eigenvalue weighted by Gasteiger charge is 2.18. The van der Waals surface area contributed by atoms with E-state index in [-0.39, 0.29) is 18.5 Å². The van der Waals surface area contributed by atoms with Gasteiger partial charge in [-0.1, -0.05) is 384 Å². The standard InChI is InChI=1S/C78H149NO5/c1-3-5-7-9-11-13-15-17-18-19-20-34-37-40-43-47-50-54-58-62-66-70-76(81)75(74-80)79-77(82)71-67-63-59-55-51-48-44-41-38-35-32-30-28-26-24-22-21-23-25-27-29-31-33-36-39-42-45-49-53-57-61-65-69-73-84-78(83)72-68-64-60-56-52-46-16-14-12-10-8-6-4-2/h25,27,31,33,66,70,75-76,80-81H,3-24,26,28-30,32,34-65,67-69,71-74H2,1-2H3,(H,79,82)/b27-25-,33-31-,70-66+. The molecule has 0 aliphatic carbocycles. The fourth-order valence-electron chi connectivity index (χ4n) is 12.1. The van der Waals surface area contributed by atoms with Crippen LogP contribution < -0.4 is 5.32 Å². The van der Waals surface area contributed by atoms with Crippen molar-refractivity contribution in [2.24, 2.45) is 0 Å². The fraction of sp³-hybridized carbons (Fsp3) is 0.897. The van der Waals surface area contributed by atoms with Gasteiger partial charge in [-0.3, -0.25) is 9.59 Å². The molecular formula is C78H149NO5. The molecule has 0 aromatic rings. The Labute approximate surface area is 525 Å². The van der Waals surface area contributed by atoms with Crippen LogP contribution in [0.5, 0.6) is 0 Å². The average Bonchev–Trinajstić information content (AvgIpc) is 3.51. The van der Waals surface area contributed by atoms with E-state index in [1.807, 2.05) is 6.08 Å². The second kappa shape index (κ2) is 73.5. The molecule has 84 heavy (non-hydrogen) atoms. The monoisotopic (exact) mass is 1180 g/mol. The molecule has 0 aliphatic rings. The lowest BCUT2D eigenvalue weighted by Gasteiger charge is -2.20. The number of aliphatic hydroxyl groups excluding tert-OH is 2. The molecule has 3 N–H and O–H groups in total. The first-order valence-corrected chi connectivity index (χ1v) is 38.3. The van der Waals surface area contributed by atoms with Crippen molar-refractivity contribution in [1.82, 2.24) is 5.32 Å². The molecule has 6 nitrogen and oxygen atoms in total. The van der Waals surface area contributed by atoms with Crippen LogP contribution in [0.3, 0.4) is 0 Å². The second-order valence-corrected chi connectivity index (χ2v) is 26.3. The number of hydrogen-bond acceptors (Lipinski definition) is 5. The molecule has 2 atom stereocenters. The van der Waals surface area contributed by atoms with E-state index in [0.717, 1.165) is 44.9 Å². The summed E-state index contributed by atoms with van der Waals surface area (Å²) in [5.41, 5.74) is 0. The van der Waals surface area contributed by atoms with Crippen LogP contribution in [0.15, 0.2) is 36.5 Å². The second-order valence-electron chi connectivity index (χ2n) is 26.3. The third-order valence-corrected chi connectivity index (χ3v) is 17.9. The van der Waals surface area contributed by atoms with Crippen molar-refractivity contribution in [2.75, 3.05) is 13.2 Å². The minimum Gasteiger partial charge on any atom is -0.466 e. The highest BCUT2D eigenvalue weighted by atomic mass is 16.5. The molecule has 1 amide bonds. The summed E-state index contributed by atoms with van der Waals surface area (Å²) in [5.74, 6) is -0.0458. The van der Waals surface area contributed by atoms with E-state index in [2.05, 4.69) is 43.5 Å². The molecule has 0 fully saturated rings. The number of hydrogen-bond donors (Lipinski definition) is 3. The zero-order valence-corrected chi connectivity index (χ0v) is 56.9. The van der Waals surface area contributed by atoms with E-state index < -0.39 is 12.1 Å². The Morgan fingerprint density at radius 3 is 0.905 bits per heavy atom. The van der Waals surface area contributed by atoms with Crippen LogP contribution in [0.4, 0.5) is 0 Å². The highest BCUT2D eigenvalue weighted by molar-refractivity contribution is 5.76. The molecule has 0 rings (SSSR count). The summed E-state index contributed by atoms with van der Waals surface area (Å²) in [6.07, 6.45) is 95.4. The summed E-state index contributed by atoms with van der Waals surface area (Å²) < 4.78 is 5.49. The molecule has 0 heterocycles. The molecule has 0 spiro atoms. The van der Waals surface area contributed by atoms with Crippen molar-refractivity contribution >= 4 is 11.9 Å². The number of rotatable bonds is 72. The molecule has 0 aromatic carbocycles. The molecule has 496 valence electrons. The van der Waals surface area contributed by atoms with E-state index in [1.54, 1.807) is 6.08 Å². The van der Waals surface area contributed by atoms with Crippen molar-refractivity contribution in [1.29, 1.82) is 0 Å². The van der Waals surface area contributed by atoms with Gasteiger partial charge in [0.1, 0.15) is 0 Å². The van der Waals surface area contributed by atoms with Gasteiger partial charge in [-0.25, -0.2) is 0 Å². The Balaban J connectivity index is 3.40. The quantitative estimate of drug-likeness (QED) is 0.0320. The van der Waals surface area contributed by atoms with E-state index in [4.69, 9.17) is 4.74 Å². The molecule has 0 aromatic heterocycles. The Morgan fingerprint density at radius 2 is 0.595 bits per heavy atom. The van der Waals surface area contributed by atoms with E-state index in [9.17, 15) is 19.8 Å². The van der Waals surface area contributed by atoms with Gasteiger partial charge < -0.3 is 20.3 Å². The predicted molar refractivity (Wildman–Crippen MR) is 370 cm³/mol. The topological polar surface area (TPSA) is 95.9 Å². The van der Waals surface area contributed by atoms with Crippen molar-refractivity contribution in [3.63, 3.8) is 0 Å². The van der Waals surface area contributed by atoms with Gasteiger partial charge in [-0.2, -0.15) is 0 Å². The summed E-state index contributed by atoms with van der Waals surface area (Å²) in [6, 6.07) is -0.628. The SMILES string of the molecule is CCCCCCCCCCCCCCCCCCCCC/C=C/C(O)C(CO)NC(=O)CCCCCCCCCCCCCCCCCCC/C=C\C/C=C\CCCCCCCCCCCOC(=O)CCCCCCCCCCCCCCC. The number of allylic oxidation sites excluding steroid dienone is 5. The molecule has 0 saturated carbocycles. The number of aliphatic hydroxyl groups is 2. The first-order valence-electron chi connectivity index (χ1n) is 38.3. The van der Waals surface area contributed by atoms with Gasteiger partial charge in [0.2, 0.25) is 5.91 Å². The lowest BCUT2D eigenvalue weighted by atomic mass is 10.0. The average molecular weight is 1180 g/mol. The Bertz CT molecular complexity index is 1360. The molecule has 0 aliphatic heterocycles. The zero-order chi connectivity index (χ0) is 60.6. The summed E-state index contributed by atoms with van der Waals surface area (Å²) in [4.78, 5) is 24.6. The van der Waals surface area contributed by atoms with Crippen LogP contribution in [0.25, 0.3) is 0 Å². The summed E-state index contributed by atoms with van der Waals surface area (Å²) in [5, 5.41) is 23.3. The first kappa shape index (κ1) is 82.1. The molecule has 6 heteroatoms. The Hall–Kier alpha value is -1.92. The van der Waals surface area contributed by atoms with E-state index >= 15 is 0 Å². The lowest BCUT2D eigenvalue weighted by molar-refractivity contribution is -0.143. The van der Waals surface area contributed by atoms with Crippen LogP contribution >= 0.6 is 0 Å². The van der Waals surface area contributed by atoms with E-state index in [0.29, 0.717) is 19.4 Å². The van der Waals surface area contributed by atoms with Crippen LogP contribution in [-0.2, 0) is 14.3 Å². The van der Waals surface area contributed by atoms with Gasteiger partial charge in [-0.05, 0) is 64.2 Å². The van der Waals surface area contributed by atoms with Crippen molar-refractivity contribution in [3.05, 3.63) is 36.5 Å². The number of ether oxygens (including phenoxy) is 1. The van der Waals surface area contributed by atoms with Gasteiger partial charge in [0.05, 0.1) is 25.4 Å².